The van der Waals surface area contributed by atoms with Crippen LogP contribution >= 0.6 is 52.3 Å². The summed E-state index contributed by atoms with van der Waals surface area (Å²) >= 11 is 9.69. The quantitative estimate of drug-likeness (QED) is 0.418. The van der Waals surface area contributed by atoms with E-state index in [1.54, 1.807) is 6.92 Å². The van der Waals surface area contributed by atoms with Crippen molar-refractivity contribution in [2.75, 3.05) is 19.6 Å². The molecule has 1 atom stereocenters. The second-order valence-corrected chi connectivity index (χ2v) is 7.18. The molecule has 2 rings (SSSR count). The predicted molar refractivity (Wildman–Crippen MR) is 121 cm³/mol. The van der Waals surface area contributed by atoms with Crippen molar-refractivity contribution in [3.63, 3.8) is 0 Å². The zero-order valence-electron chi connectivity index (χ0n) is 15.1. The molecule has 0 aliphatic carbocycles. The van der Waals surface area contributed by atoms with E-state index in [0.29, 0.717) is 24.7 Å². The molecule has 0 amide bonds. The van der Waals surface area contributed by atoms with Crippen molar-refractivity contribution >= 4 is 52.3 Å². The molecule has 27 heavy (non-hydrogen) atoms. The van der Waals surface area contributed by atoms with Crippen molar-refractivity contribution < 1.29 is 9.84 Å². The van der Waals surface area contributed by atoms with E-state index < -0.39 is 0 Å². The lowest BCUT2D eigenvalue weighted by molar-refractivity contribution is 0.191. The molecule has 0 saturated heterocycles. The number of ether oxygens (including phenoxy) is 1. The number of halogens is 4. The van der Waals surface area contributed by atoms with Gasteiger partial charge >= 0.3 is 0 Å². The zero-order valence-corrected chi connectivity index (χ0v) is 19.1. The molecule has 2 aromatic rings. The lowest BCUT2D eigenvalue weighted by Gasteiger charge is -2.14. The fourth-order valence-electron chi connectivity index (χ4n) is 2.31. The van der Waals surface area contributed by atoms with E-state index in [0.717, 1.165) is 34.4 Å². The van der Waals surface area contributed by atoms with Crippen molar-refractivity contribution in [2.24, 2.45) is 0 Å². The van der Waals surface area contributed by atoms with Gasteiger partial charge in [-0.1, -0.05) is 45.7 Å². The molecule has 0 saturated carbocycles. The van der Waals surface area contributed by atoms with Crippen LogP contribution in [0.15, 0.2) is 46.9 Å². The van der Waals surface area contributed by atoms with Crippen LogP contribution in [0, 0.1) is 0 Å². The Morgan fingerprint density at radius 2 is 1.78 bits per heavy atom. The van der Waals surface area contributed by atoms with E-state index >= 15 is 0 Å². The van der Waals surface area contributed by atoms with Gasteiger partial charge in [-0.3, -0.25) is 0 Å². The van der Waals surface area contributed by atoms with Gasteiger partial charge in [0.2, 0.25) is 0 Å². The number of rotatable bonds is 10. The van der Waals surface area contributed by atoms with Gasteiger partial charge in [0.15, 0.2) is 0 Å². The summed E-state index contributed by atoms with van der Waals surface area (Å²) < 4.78 is 6.99. The van der Waals surface area contributed by atoms with Crippen LogP contribution in [0.4, 0.5) is 0 Å². The van der Waals surface area contributed by atoms with Crippen molar-refractivity contribution in [3.8, 4) is 5.75 Å². The van der Waals surface area contributed by atoms with Crippen molar-refractivity contribution in [2.45, 2.75) is 26.2 Å². The van der Waals surface area contributed by atoms with Crippen LogP contribution in [0.3, 0.4) is 0 Å². The summed E-state index contributed by atoms with van der Waals surface area (Å²) in [6.07, 6.45) is -0.324. The predicted octanol–water partition coefficient (Wildman–Crippen LogP) is 4.59. The van der Waals surface area contributed by atoms with Crippen molar-refractivity contribution in [3.05, 3.63) is 63.1 Å². The molecule has 1 unspecified atom stereocenters. The lowest BCUT2D eigenvalue weighted by Crippen LogP contribution is -2.31. The highest BCUT2D eigenvalue weighted by Gasteiger charge is 2.07. The maximum atomic E-state index is 9.21. The van der Waals surface area contributed by atoms with Crippen molar-refractivity contribution in [1.29, 1.82) is 0 Å². The third kappa shape index (κ3) is 9.99. The van der Waals surface area contributed by atoms with Gasteiger partial charge < -0.3 is 20.5 Å². The third-order valence-electron chi connectivity index (χ3n) is 3.60. The van der Waals surface area contributed by atoms with E-state index in [2.05, 4.69) is 32.6 Å². The Bertz CT molecular complexity index is 675. The first-order valence-electron chi connectivity index (χ1n) is 8.30. The fourth-order valence-corrected chi connectivity index (χ4v) is 2.91. The van der Waals surface area contributed by atoms with Gasteiger partial charge in [0.1, 0.15) is 12.4 Å². The van der Waals surface area contributed by atoms with E-state index in [1.165, 1.54) is 0 Å². The van der Waals surface area contributed by atoms with Gasteiger partial charge in [-0.05, 0) is 31.2 Å². The maximum absolute atomic E-state index is 9.21. The van der Waals surface area contributed by atoms with Gasteiger partial charge in [-0.25, -0.2) is 0 Å². The van der Waals surface area contributed by atoms with Crippen LogP contribution < -0.4 is 15.4 Å². The smallest absolute Gasteiger partial charge is 0.124 e. The molecule has 2 aromatic carbocycles. The number of benzene rings is 2. The molecule has 0 heterocycles. The Kier molecular flexibility index (Phi) is 14.2. The fraction of sp³-hybridized carbons (Fsp3) is 0.368. The van der Waals surface area contributed by atoms with Crippen molar-refractivity contribution in [1.82, 2.24) is 10.6 Å². The standard InChI is InChI=1S/C19H24BrClN2O2.2ClH/c1-14(24)11-22-8-9-23-12-16-10-17(20)6-7-19(16)25-13-15-4-2-3-5-18(15)21;;/h2-7,10,14,22-24H,8-9,11-13H2,1H3;2*1H. The van der Waals surface area contributed by atoms with Crippen LogP contribution in [0.2, 0.25) is 5.02 Å². The Hall–Kier alpha value is -0.530. The second kappa shape index (κ2) is 14.5. The molecule has 3 N–H and O–H groups in total. The van der Waals surface area contributed by atoms with Gasteiger partial charge in [0.05, 0.1) is 6.10 Å². The summed E-state index contributed by atoms with van der Waals surface area (Å²) in [4.78, 5) is 0. The summed E-state index contributed by atoms with van der Waals surface area (Å²) in [6.45, 7) is 5.12. The molecule has 0 aliphatic rings. The van der Waals surface area contributed by atoms with E-state index in [9.17, 15) is 5.11 Å². The van der Waals surface area contributed by atoms with Crippen LogP contribution in [0.25, 0.3) is 0 Å². The summed E-state index contributed by atoms with van der Waals surface area (Å²) in [7, 11) is 0. The van der Waals surface area contributed by atoms with E-state index in [-0.39, 0.29) is 30.9 Å². The highest BCUT2D eigenvalue weighted by Crippen LogP contribution is 2.25. The van der Waals surface area contributed by atoms with Gasteiger partial charge in [-0.15, -0.1) is 24.8 Å². The van der Waals surface area contributed by atoms with E-state index in [1.807, 2.05) is 36.4 Å². The molecule has 152 valence electrons. The molecule has 0 spiro atoms. The summed E-state index contributed by atoms with van der Waals surface area (Å²) in [5.74, 6) is 0.840. The minimum Gasteiger partial charge on any atom is -0.489 e. The molecule has 0 aromatic heterocycles. The molecule has 0 radical (unpaired) electrons. The second-order valence-electron chi connectivity index (χ2n) is 5.86. The van der Waals surface area contributed by atoms with Crippen LogP contribution in [0.5, 0.6) is 5.75 Å². The minimum atomic E-state index is -0.324. The van der Waals surface area contributed by atoms with E-state index in [4.69, 9.17) is 16.3 Å². The Morgan fingerprint density at radius 1 is 1.07 bits per heavy atom. The highest BCUT2D eigenvalue weighted by molar-refractivity contribution is 9.10. The Labute approximate surface area is 187 Å². The number of aliphatic hydroxyl groups is 1. The summed E-state index contributed by atoms with van der Waals surface area (Å²) in [5, 5.41) is 16.5. The summed E-state index contributed by atoms with van der Waals surface area (Å²) in [5.41, 5.74) is 2.05. The van der Waals surface area contributed by atoms with Gasteiger partial charge in [0.25, 0.3) is 0 Å². The van der Waals surface area contributed by atoms with Crippen LogP contribution in [-0.4, -0.2) is 30.8 Å². The third-order valence-corrected chi connectivity index (χ3v) is 4.46. The molecule has 0 aliphatic heterocycles. The molecular formula is C19H26BrCl3N2O2. The number of nitrogens with one attached hydrogen (secondary N) is 2. The number of hydrogen-bond acceptors (Lipinski definition) is 4. The Morgan fingerprint density at radius 3 is 2.48 bits per heavy atom. The van der Waals surface area contributed by atoms with Crippen LogP contribution in [-0.2, 0) is 13.2 Å². The molecule has 0 bridgehead atoms. The SMILES string of the molecule is CC(O)CNCCNCc1cc(Br)ccc1OCc1ccccc1Cl.Cl.Cl. The average Bonchev–Trinajstić information content (AvgIpc) is 2.58. The molecule has 0 fully saturated rings. The van der Waals surface area contributed by atoms with Crippen LogP contribution in [0.1, 0.15) is 18.1 Å². The first kappa shape index (κ1) is 26.5. The molecular weight excluding hydrogens is 474 g/mol. The van der Waals surface area contributed by atoms with Gasteiger partial charge in [-0.2, -0.15) is 0 Å². The number of hydrogen-bond donors (Lipinski definition) is 3. The zero-order chi connectivity index (χ0) is 18.1. The lowest BCUT2D eigenvalue weighted by atomic mass is 10.2. The average molecular weight is 501 g/mol. The molecule has 8 heteroatoms. The first-order chi connectivity index (χ1) is 12.1. The van der Waals surface area contributed by atoms with Gasteiger partial charge in [0, 0.05) is 46.8 Å². The normalized spacial score (nSPS) is 11.3. The first-order valence-corrected chi connectivity index (χ1v) is 9.47. The minimum absolute atomic E-state index is 0. The highest BCUT2D eigenvalue weighted by atomic mass is 79.9. The monoisotopic (exact) mass is 498 g/mol. The summed E-state index contributed by atoms with van der Waals surface area (Å²) in [6, 6.07) is 13.7. The Balaban J connectivity index is 0.00000338. The molecule has 4 nitrogen and oxygen atoms in total. The number of aliphatic hydroxyl groups excluding tert-OH is 1. The topological polar surface area (TPSA) is 53.5 Å². The largest absolute Gasteiger partial charge is 0.489 e. The maximum Gasteiger partial charge on any atom is 0.124 e.